The van der Waals surface area contributed by atoms with Gasteiger partial charge in [0.15, 0.2) is 0 Å². The van der Waals surface area contributed by atoms with Crippen LogP contribution in [0.2, 0.25) is 0 Å². The maximum absolute atomic E-state index is 12.1. The SMILES string of the molecule is COc1ccc(Br)c(C[C@@H]2C(=O)Nc3ccccc32)c1. The average molecular weight is 332 g/mol. The Hall–Kier alpha value is -1.81. The number of nitrogens with one attached hydrogen (secondary N) is 1. The van der Waals surface area contributed by atoms with Crippen molar-refractivity contribution < 1.29 is 9.53 Å². The highest BCUT2D eigenvalue weighted by Gasteiger charge is 2.30. The van der Waals surface area contributed by atoms with Crippen LogP contribution in [-0.4, -0.2) is 13.0 Å². The van der Waals surface area contributed by atoms with Crippen LogP contribution < -0.4 is 10.1 Å². The Balaban J connectivity index is 1.94. The van der Waals surface area contributed by atoms with E-state index in [2.05, 4.69) is 21.2 Å². The highest BCUT2D eigenvalue weighted by Crippen LogP contribution is 2.36. The number of halogens is 1. The van der Waals surface area contributed by atoms with Crippen LogP contribution in [0.5, 0.6) is 5.75 Å². The van der Waals surface area contributed by atoms with Crippen molar-refractivity contribution in [1.29, 1.82) is 0 Å². The lowest BCUT2D eigenvalue weighted by Crippen LogP contribution is -2.14. The second-order valence-electron chi connectivity index (χ2n) is 4.79. The number of ether oxygens (including phenoxy) is 1. The Morgan fingerprint density at radius 2 is 2.05 bits per heavy atom. The lowest BCUT2D eigenvalue weighted by Gasteiger charge is -2.12. The summed E-state index contributed by atoms with van der Waals surface area (Å²) in [5.41, 5.74) is 3.05. The molecule has 0 saturated heterocycles. The van der Waals surface area contributed by atoms with E-state index in [4.69, 9.17) is 4.74 Å². The molecule has 0 fully saturated rings. The van der Waals surface area contributed by atoms with E-state index in [0.29, 0.717) is 6.42 Å². The minimum atomic E-state index is -0.144. The third-order valence-corrected chi connectivity index (χ3v) is 4.36. The van der Waals surface area contributed by atoms with Gasteiger partial charge in [-0.1, -0.05) is 34.1 Å². The number of benzene rings is 2. The summed E-state index contributed by atoms with van der Waals surface area (Å²) in [6.45, 7) is 0. The fourth-order valence-electron chi connectivity index (χ4n) is 2.53. The number of fused-ring (bicyclic) bond motifs is 1. The van der Waals surface area contributed by atoms with Crippen molar-refractivity contribution in [3.8, 4) is 5.75 Å². The fraction of sp³-hybridized carbons (Fsp3) is 0.188. The number of hydrogen-bond acceptors (Lipinski definition) is 2. The largest absolute Gasteiger partial charge is 0.497 e. The molecule has 0 bridgehead atoms. The maximum atomic E-state index is 12.1. The second-order valence-corrected chi connectivity index (χ2v) is 5.64. The molecule has 102 valence electrons. The molecule has 1 atom stereocenters. The summed E-state index contributed by atoms with van der Waals surface area (Å²) in [5.74, 6) is 0.713. The average Bonchev–Trinajstić information content (AvgIpc) is 2.77. The molecule has 0 saturated carbocycles. The lowest BCUT2D eigenvalue weighted by molar-refractivity contribution is -0.117. The normalized spacial score (nSPS) is 16.7. The Morgan fingerprint density at radius 1 is 1.25 bits per heavy atom. The van der Waals surface area contributed by atoms with Gasteiger partial charge in [-0.15, -0.1) is 0 Å². The zero-order valence-corrected chi connectivity index (χ0v) is 12.6. The van der Waals surface area contributed by atoms with Crippen molar-refractivity contribution in [2.75, 3.05) is 12.4 Å². The molecule has 0 radical (unpaired) electrons. The minimum Gasteiger partial charge on any atom is -0.497 e. The lowest BCUT2D eigenvalue weighted by atomic mass is 9.93. The molecule has 1 heterocycles. The number of methoxy groups -OCH3 is 1. The molecular weight excluding hydrogens is 318 g/mol. The Bertz CT molecular complexity index is 669. The molecule has 1 aliphatic heterocycles. The van der Waals surface area contributed by atoms with Crippen LogP contribution >= 0.6 is 15.9 Å². The van der Waals surface area contributed by atoms with Crippen LogP contribution in [0, 0.1) is 0 Å². The Morgan fingerprint density at radius 3 is 2.85 bits per heavy atom. The van der Waals surface area contributed by atoms with Crippen LogP contribution in [0.25, 0.3) is 0 Å². The van der Waals surface area contributed by atoms with Crippen molar-refractivity contribution in [3.05, 3.63) is 58.1 Å². The zero-order chi connectivity index (χ0) is 14.1. The summed E-state index contributed by atoms with van der Waals surface area (Å²) in [7, 11) is 1.64. The highest BCUT2D eigenvalue weighted by atomic mass is 79.9. The molecule has 0 spiro atoms. The number of amides is 1. The number of rotatable bonds is 3. The number of hydrogen-bond donors (Lipinski definition) is 1. The van der Waals surface area contributed by atoms with Gasteiger partial charge >= 0.3 is 0 Å². The summed E-state index contributed by atoms with van der Waals surface area (Å²) < 4.78 is 6.25. The van der Waals surface area contributed by atoms with Crippen LogP contribution in [0.1, 0.15) is 17.0 Å². The topological polar surface area (TPSA) is 38.3 Å². The summed E-state index contributed by atoms with van der Waals surface area (Å²) >= 11 is 3.54. The van der Waals surface area contributed by atoms with E-state index in [0.717, 1.165) is 27.0 Å². The first-order valence-electron chi connectivity index (χ1n) is 6.41. The molecule has 0 aromatic heterocycles. The van der Waals surface area contributed by atoms with Gasteiger partial charge in [-0.3, -0.25) is 4.79 Å². The molecule has 0 aliphatic carbocycles. The van der Waals surface area contributed by atoms with E-state index < -0.39 is 0 Å². The van der Waals surface area contributed by atoms with Crippen LogP contribution in [-0.2, 0) is 11.2 Å². The number of carbonyl (C=O) groups excluding carboxylic acids is 1. The highest BCUT2D eigenvalue weighted by molar-refractivity contribution is 9.10. The molecule has 3 nitrogen and oxygen atoms in total. The van der Waals surface area contributed by atoms with Crippen molar-refractivity contribution >= 4 is 27.5 Å². The van der Waals surface area contributed by atoms with Crippen LogP contribution in [0.15, 0.2) is 46.9 Å². The second kappa shape index (κ2) is 5.29. The molecule has 3 rings (SSSR count). The molecule has 20 heavy (non-hydrogen) atoms. The predicted molar refractivity (Wildman–Crippen MR) is 82.2 cm³/mol. The quantitative estimate of drug-likeness (QED) is 0.930. The van der Waals surface area contributed by atoms with E-state index in [-0.39, 0.29) is 11.8 Å². The minimum absolute atomic E-state index is 0.0564. The fourth-order valence-corrected chi connectivity index (χ4v) is 2.94. The van der Waals surface area contributed by atoms with E-state index in [1.165, 1.54) is 0 Å². The van der Waals surface area contributed by atoms with Gasteiger partial charge in [0.2, 0.25) is 5.91 Å². The standard InChI is InChI=1S/C16H14BrNO2/c1-20-11-6-7-14(17)10(8-11)9-13-12-4-2-3-5-15(12)18-16(13)19/h2-8,13H,9H2,1H3,(H,18,19)/t13-/m0/s1. The monoisotopic (exact) mass is 331 g/mol. The van der Waals surface area contributed by atoms with Gasteiger partial charge in [-0.05, 0) is 41.8 Å². The smallest absolute Gasteiger partial charge is 0.232 e. The zero-order valence-electron chi connectivity index (χ0n) is 11.0. The predicted octanol–water partition coefficient (Wildman–Crippen LogP) is 3.74. The van der Waals surface area contributed by atoms with Gasteiger partial charge < -0.3 is 10.1 Å². The van der Waals surface area contributed by atoms with Crippen molar-refractivity contribution in [2.45, 2.75) is 12.3 Å². The Kier molecular flexibility index (Phi) is 3.49. The molecule has 0 unspecified atom stereocenters. The molecular formula is C16H14BrNO2. The molecule has 2 aromatic carbocycles. The Labute approximate surface area is 126 Å². The molecule has 1 N–H and O–H groups in total. The van der Waals surface area contributed by atoms with Crippen molar-refractivity contribution in [3.63, 3.8) is 0 Å². The first-order chi connectivity index (χ1) is 9.69. The van der Waals surface area contributed by atoms with E-state index in [9.17, 15) is 4.79 Å². The first kappa shape index (κ1) is 13.2. The van der Waals surface area contributed by atoms with Crippen LogP contribution in [0.3, 0.4) is 0 Å². The van der Waals surface area contributed by atoms with Gasteiger partial charge in [0, 0.05) is 10.2 Å². The number of para-hydroxylation sites is 1. The van der Waals surface area contributed by atoms with Gasteiger partial charge in [0.1, 0.15) is 5.75 Å². The van der Waals surface area contributed by atoms with Gasteiger partial charge in [0.05, 0.1) is 13.0 Å². The van der Waals surface area contributed by atoms with Gasteiger partial charge in [-0.25, -0.2) is 0 Å². The third kappa shape index (κ3) is 2.31. The van der Waals surface area contributed by atoms with E-state index >= 15 is 0 Å². The molecule has 1 aliphatic rings. The van der Waals surface area contributed by atoms with Crippen LogP contribution in [0.4, 0.5) is 5.69 Å². The first-order valence-corrected chi connectivity index (χ1v) is 7.20. The van der Waals surface area contributed by atoms with Crippen molar-refractivity contribution in [2.24, 2.45) is 0 Å². The summed E-state index contributed by atoms with van der Waals surface area (Å²) in [6.07, 6.45) is 0.653. The number of anilines is 1. The summed E-state index contributed by atoms with van der Waals surface area (Å²) in [4.78, 5) is 12.1. The van der Waals surface area contributed by atoms with Gasteiger partial charge in [0.25, 0.3) is 0 Å². The summed E-state index contributed by atoms with van der Waals surface area (Å²) in [6, 6.07) is 13.7. The van der Waals surface area contributed by atoms with E-state index in [1.54, 1.807) is 7.11 Å². The molecule has 1 amide bonds. The van der Waals surface area contributed by atoms with Crippen molar-refractivity contribution in [1.82, 2.24) is 0 Å². The third-order valence-electron chi connectivity index (χ3n) is 3.59. The number of carbonyl (C=O) groups is 1. The maximum Gasteiger partial charge on any atom is 0.232 e. The van der Waals surface area contributed by atoms with E-state index in [1.807, 2.05) is 42.5 Å². The van der Waals surface area contributed by atoms with Gasteiger partial charge in [-0.2, -0.15) is 0 Å². The molecule has 4 heteroatoms. The molecule has 2 aromatic rings. The summed E-state index contributed by atoms with van der Waals surface area (Å²) in [5, 5.41) is 2.93.